The van der Waals surface area contributed by atoms with E-state index in [1.165, 1.54) is 0 Å². The van der Waals surface area contributed by atoms with Crippen LogP contribution in [-0.4, -0.2) is 22.4 Å². The minimum atomic E-state index is -0.463. The van der Waals surface area contributed by atoms with Crippen LogP contribution in [0.2, 0.25) is 0 Å². The van der Waals surface area contributed by atoms with Gasteiger partial charge in [-0.1, -0.05) is 46.5 Å². The molecule has 0 radical (unpaired) electrons. The Kier molecular flexibility index (Phi) is 9.85. The van der Waals surface area contributed by atoms with Crippen molar-refractivity contribution < 1.29 is 10.2 Å². The highest BCUT2D eigenvalue weighted by molar-refractivity contribution is 4.85. The van der Waals surface area contributed by atoms with Gasteiger partial charge in [-0.2, -0.15) is 0 Å². The molecule has 1 unspecified atom stereocenters. The van der Waals surface area contributed by atoms with E-state index in [9.17, 15) is 5.11 Å². The van der Waals surface area contributed by atoms with E-state index in [2.05, 4.69) is 20.8 Å². The van der Waals surface area contributed by atoms with Crippen molar-refractivity contribution in [2.24, 2.45) is 5.92 Å². The van der Waals surface area contributed by atoms with Crippen LogP contribution in [0.25, 0.3) is 0 Å². The van der Waals surface area contributed by atoms with Crippen molar-refractivity contribution in [3.05, 3.63) is 0 Å². The van der Waals surface area contributed by atoms with Gasteiger partial charge in [-0.3, -0.25) is 0 Å². The Hall–Kier alpha value is -0.0800. The van der Waals surface area contributed by atoms with Crippen molar-refractivity contribution in [3.63, 3.8) is 0 Å². The van der Waals surface area contributed by atoms with Gasteiger partial charge in [0.05, 0.1) is 5.60 Å². The Balaban J connectivity index is 4.45. The second-order valence-corrected chi connectivity index (χ2v) is 5.31. The number of aliphatic hydroxyl groups is 2. The minimum Gasteiger partial charge on any atom is -0.396 e. The van der Waals surface area contributed by atoms with Crippen molar-refractivity contribution in [3.8, 4) is 0 Å². The summed E-state index contributed by atoms with van der Waals surface area (Å²) in [6, 6.07) is 0. The fourth-order valence-corrected chi connectivity index (χ4v) is 2.93. The highest BCUT2D eigenvalue weighted by Crippen LogP contribution is 2.35. The van der Waals surface area contributed by atoms with Gasteiger partial charge in [0.25, 0.3) is 0 Å². The summed E-state index contributed by atoms with van der Waals surface area (Å²) in [6.45, 7) is 6.77. The van der Waals surface area contributed by atoms with E-state index < -0.39 is 5.60 Å². The van der Waals surface area contributed by atoms with Gasteiger partial charge in [0.2, 0.25) is 0 Å². The number of aliphatic hydroxyl groups excluding tert-OH is 1. The van der Waals surface area contributed by atoms with E-state index in [0.717, 1.165) is 57.8 Å². The molecule has 0 amide bonds. The first-order valence-electron chi connectivity index (χ1n) is 7.47. The van der Waals surface area contributed by atoms with Gasteiger partial charge in [-0.25, -0.2) is 0 Å². The number of unbranched alkanes of at least 4 members (excludes halogenated alkanes) is 1. The van der Waals surface area contributed by atoms with Gasteiger partial charge >= 0.3 is 0 Å². The lowest BCUT2D eigenvalue weighted by Gasteiger charge is -2.36. The van der Waals surface area contributed by atoms with Crippen molar-refractivity contribution in [1.82, 2.24) is 0 Å². The van der Waals surface area contributed by atoms with Crippen LogP contribution in [0.3, 0.4) is 0 Å². The van der Waals surface area contributed by atoms with Crippen LogP contribution < -0.4 is 0 Å². The molecule has 2 heteroatoms. The Morgan fingerprint density at radius 2 is 1.47 bits per heavy atom. The first-order chi connectivity index (χ1) is 8.14. The summed E-state index contributed by atoms with van der Waals surface area (Å²) >= 11 is 0. The molecule has 0 aromatic rings. The standard InChI is InChI=1S/C15H32O2/c1-4-9-14(10-7-8-13-16)15(17,11-5-2)12-6-3/h14,16-17H,4-13H2,1-3H3. The van der Waals surface area contributed by atoms with E-state index in [1.54, 1.807) is 0 Å². The molecule has 2 N–H and O–H groups in total. The molecule has 0 aromatic heterocycles. The summed E-state index contributed by atoms with van der Waals surface area (Å²) in [5.74, 6) is 0.416. The molecule has 0 aliphatic rings. The summed E-state index contributed by atoms with van der Waals surface area (Å²) in [5.41, 5.74) is -0.463. The molecule has 17 heavy (non-hydrogen) atoms. The third-order valence-corrected chi connectivity index (χ3v) is 3.72. The molecular weight excluding hydrogens is 212 g/mol. The number of hydrogen-bond donors (Lipinski definition) is 2. The lowest BCUT2D eigenvalue weighted by atomic mass is 9.75. The summed E-state index contributed by atoms with van der Waals surface area (Å²) in [4.78, 5) is 0. The first-order valence-corrected chi connectivity index (χ1v) is 7.47. The molecular formula is C15H32O2. The number of hydrogen-bond acceptors (Lipinski definition) is 2. The molecule has 0 heterocycles. The Bertz CT molecular complexity index is 162. The van der Waals surface area contributed by atoms with Gasteiger partial charge < -0.3 is 10.2 Å². The Labute approximate surface area is 107 Å². The topological polar surface area (TPSA) is 40.5 Å². The fraction of sp³-hybridized carbons (Fsp3) is 1.00. The largest absolute Gasteiger partial charge is 0.396 e. The van der Waals surface area contributed by atoms with Gasteiger partial charge in [-0.15, -0.1) is 0 Å². The lowest BCUT2D eigenvalue weighted by molar-refractivity contribution is -0.0427. The quantitative estimate of drug-likeness (QED) is 0.541. The molecule has 0 aliphatic carbocycles. The molecule has 1 atom stereocenters. The summed E-state index contributed by atoms with van der Waals surface area (Å²) in [5, 5.41) is 19.7. The molecule has 0 fully saturated rings. The zero-order valence-electron chi connectivity index (χ0n) is 12.0. The average Bonchev–Trinajstić information content (AvgIpc) is 2.29. The summed E-state index contributed by atoms with van der Waals surface area (Å²) in [7, 11) is 0. The van der Waals surface area contributed by atoms with E-state index in [-0.39, 0.29) is 6.61 Å². The van der Waals surface area contributed by atoms with Gasteiger partial charge in [0, 0.05) is 6.61 Å². The van der Waals surface area contributed by atoms with E-state index in [1.807, 2.05) is 0 Å². The SMILES string of the molecule is CCCC(CCCCO)C(O)(CCC)CCC. The Morgan fingerprint density at radius 3 is 1.88 bits per heavy atom. The van der Waals surface area contributed by atoms with Crippen LogP contribution in [0.5, 0.6) is 0 Å². The molecule has 2 nitrogen and oxygen atoms in total. The third-order valence-electron chi connectivity index (χ3n) is 3.72. The van der Waals surface area contributed by atoms with Gasteiger partial charge in [-0.05, 0) is 38.0 Å². The van der Waals surface area contributed by atoms with Crippen LogP contribution in [-0.2, 0) is 0 Å². The van der Waals surface area contributed by atoms with Crippen LogP contribution >= 0.6 is 0 Å². The lowest BCUT2D eigenvalue weighted by Crippen LogP contribution is -2.38. The molecule has 0 bridgehead atoms. The van der Waals surface area contributed by atoms with Crippen LogP contribution in [0.1, 0.15) is 78.6 Å². The zero-order chi connectivity index (χ0) is 13.1. The minimum absolute atomic E-state index is 0.277. The highest BCUT2D eigenvalue weighted by atomic mass is 16.3. The predicted molar refractivity (Wildman–Crippen MR) is 74.1 cm³/mol. The van der Waals surface area contributed by atoms with Crippen LogP contribution in [0, 0.1) is 5.92 Å². The number of rotatable bonds is 11. The molecule has 104 valence electrons. The maximum Gasteiger partial charge on any atom is 0.0675 e. The molecule has 0 saturated carbocycles. The van der Waals surface area contributed by atoms with Crippen molar-refractivity contribution in [2.45, 2.75) is 84.2 Å². The smallest absolute Gasteiger partial charge is 0.0675 e. The van der Waals surface area contributed by atoms with Gasteiger partial charge in [0.1, 0.15) is 0 Å². The predicted octanol–water partition coefficient (Wildman–Crippen LogP) is 3.90. The van der Waals surface area contributed by atoms with E-state index in [0.29, 0.717) is 5.92 Å². The highest BCUT2D eigenvalue weighted by Gasteiger charge is 2.33. The van der Waals surface area contributed by atoms with Crippen molar-refractivity contribution >= 4 is 0 Å². The second kappa shape index (κ2) is 9.90. The first kappa shape index (κ1) is 16.9. The molecule has 0 aliphatic heterocycles. The second-order valence-electron chi connectivity index (χ2n) is 5.31. The monoisotopic (exact) mass is 244 g/mol. The molecule has 0 aromatic carbocycles. The van der Waals surface area contributed by atoms with Crippen molar-refractivity contribution in [2.75, 3.05) is 6.61 Å². The van der Waals surface area contributed by atoms with Crippen LogP contribution in [0.15, 0.2) is 0 Å². The molecule has 0 saturated heterocycles. The average molecular weight is 244 g/mol. The van der Waals surface area contributed by atoms with E-state index in [4.69, 9.17) is 5.11 Å². The van der Waals surface area contributed by atoms with Crippen LogP contribution in [0.4, 0.5) is 0 Å². The summed E-state index contributed by atoms with van der Waals surface area (Å²) in [6.07, 6.45) is 9.17. The zero-order valence-corrected chi connectivity index (χ0v) is 12.0. The normalized spacial score (nSPS) is 13.9. The molecule has 0 rings (SSSR count). The van der Waals surface area contributed by atoms with Crippen molar-refractivity contribution in [1.29, 1.82) is 0 Å². The fourth-order valence-electron chi connectivity index (χ4n) is 2.93. The maximum absolute atomic E-state index is 10.8. The summed E-state index contributed by atoms with van der Waals surface area (Å²) < 4.78 is 0. The third kappa shape index (κ3) is 6.42. The maximum atomic E-state index is 10.8. The van der Waals surface area contributed by atoms with E-state index >= 15 is 0 Å². The molecule has 0 spiro atoms. The Morgan fingerprint density at radius 1 is 0.882 bits per heavy atom. The van der Waals surface area contributed by atoms with Gasteiger partial charge in [0.15, 0.2) is 0 Å².